The highest BCUT2D eigenvalue weighted by Gasteiger charge is 2.18. The highest BCUT2D eigenvalue weighted by molar-refractivity contribution is 6.05. The Morgan fingerprint density at radius 2 is 1.67 bits per heavy atom. The van der Waals surface area contributed by atoms with E-state index in [2.05, 4.69) is 10.6 Å². The van der Waals surface area contributed by atoms with Gasteiger partial charge in [0.25, 0.3) is 11.8 Å². The minimum atomic E-state index is -0.411. The Morgan fingerprint density at radius 3 is 2.37 bits per heavy atom. The van der Waals surface area contributed by atoms with Crippen LogP contribution in [-0.4, -0.2) is 18.9 Å². The van der Waals surface area contributed by atoms with Gasteiger partial charge in [-0.2, -0.15) is 0 Å². The van der Waals surface area contributed by atoms with Crippen molar-refractivity contribution in [3.63, 3.8) is 0 Å². The summed E-state index contributed by atoms with van der Waals surface area (Å²) < 4.78 is 18.4. The van der Waals surface area contributed by atoms with Gasteiger partial charge in [0.1, 0.15) is 11.6 Å². The molecule has 0 aliphatic rings. The molecular formula is C24H23FN2O3. The molecule has 3 rings (SSSR count). The number of ether oxygens (including phenoxy) is 1. The molecule has 30 heavy (non-hydrogen) atoms. The first kappa shape index (κ1) is 21.0. The molecule has 2 N–H and O–H groups in total. The van der Waals surface area contributed by atoms with E-state index in [9.17, 15) is 14.0 Å². The molecule has 0 fully saturated rings. The summed E-state index contributed by atoms with van der Waals surface area (Å²) in [5.74, 6) is -0.339. The predicted molar refractivity (Wildman–Crippen MR) is 114 cm³/mol. The first-order chi connectivity index (χ1) is 14.5. The third-order valence-corrected chi connectivity index (χ3v) is 4.72. The number of rotatable bonds is 7. The van der Waals surface area contributed by atoms with Crippen molar-refractivity contribution in [3.05, 3.63) is 95.3 Å². The average Bonchev–Trinajstić information content (AvgIpc) is 2.78. The van der Waals surface area contributed by atoms with Crippen molar-refractivity contribution >= 4 is 17.5 Å². The van der Waals surface area contributed by atoms with Crippen LogP contribution < -0.4 is 15.4 Å². The summed E-state index contributed by atoms with van der Waals surface area (Å²) >= 11 is 0. The Balaban J connectivity index is 1.73. The van der Waals surface area contributed by atoms with Gasteiger partial charge in [0, 0.05) is 22.4 Å². The summed E-state index contributed by atoms with van der Waals surface area (Å²) in [5.41, 5.74) is 2.12. The van der Waals surface area contributed by atoms with Gasteiger partial charge in [-0.25, -0.2) is 4.39 Å². The van der Waals surface area contributed by atoms with Crippen molar-refractivity contribution in [1.29, 1.82) is 0 Å². The van der Waals surface area contributed by atoms with Crippen LogP contribution in [0.2, 0.25) is 0 Å². The van der Waals surface area contributed by atoms with E-state index >= 15 is 0 Å². The van der Waals surface area contributed by atoms with Gasteiger partial charge >= 0.3 is 0 Å². The number of hydrogen-bond donors (Lipinski definition) is 2. The van der Waals surface area contributed by atoms with Crippen LogP contribution in [0.25, 0.3) is 0 Å². The number of carbonyl (C=O) groups excluding carboxylic acids is 2. The molecule has 0 aliphatic heterocycles. The first-order valence-corrected chi connectivity index (χ1v) is 9.62. The van der Waals surface area contributed by atoms with Crippen LogP contribution in [-0.2, 0) is 0 Å². The third kappa shape index (κ3) is 5.03. The topological polar surface area (TPSA) is 67.4 Å². The number of hydrogen-bond acceptors (Lipinski definition) is 3. The van der Waals surface area contributed by atoms with Crippen molar-refractivity contribution < 1.29 is 18.7 Å². The quantitative estimate of drug-likeness (QED) is 0.582. The molecule has 1 atom stereocenters. The molecule has 0 spiro atoms. The van der Waals surface area contributed by atoms with Gasteiger partial charge < -0.3 is 15.4 Å². The molecule has 0 saturated heterocycles. The van der Waals surface area contributed by atoms with Gasteiger partial charge in [0.05, 0.1) is 13.2 Å². The Kier molecular flexibility index (Phi) is 6.80. The van der Waals surface area contributed by atoms with Crippen molar-refractivity contribution in [3.8, 4) is 5.75 Å². The second kappa shape index (κ2) is 9.69. The summed E-state index contributed by atoms with van der Waals surface area (Å²) in [7, 11) is 1.60. The summed E-state index contributed by atoms with van der Waals surface area (Å²) in [4.78, 5) is 25.2. The van der Waals surface area contributed by atoms with Crippen molar-refractivity contribution in [2.24, 2.45) is 0 Å². The fourth-order valence-corrected chi connectivity index (χ4v) is 3.14. The maximum absolute atomic E-state index is 13.0. The Labute approximate surface area is 174 Å². The SMILES string of the molecule is CCC(NC(=O)c1cccc(NC(=O)c2ccc(F)cc2)c1)c1ccccc1OC. The lowest BCUT2D eigenvalue weighted by Gasteiger charge is -2.20. The van der Waals surface area contributed by atoms with Gasteiger partial charge in [-0.3, -0.25) is 9.59 Å². The summed E-state index contributed by atoms with van der Waals surface area (Å²) in [5, 5.41) is 5.75. The monoisotopic (exact) mass is 406 g/mol. The second-order valence-corrected chi connectivity index (χ2v) is 6.72. The van der Waals surface area contributed by atoms with Crippen LogP contribution in [0.4, 0.5) is 10.1 Å². The molecule has 6 heteroatoms. The fraction of sp³-hybridized carbons (Fsp3) is 0.167. The normalized spacial score (nSPS) is 11.4. The van der Waals surface area contributed by atoms with E-state index in [1.165, 1.54) is 24.3 Å². The van der Waals surface area contributed by atoms with Crippen LogP contribution in [0, 0.1) is 5.82 Å². The fourth-order valence-electron chi connectivity index (χ4n) is 3.14. The number of benzene rings is 3. The number of methoxy groups -OCH3 is 1. The zero-order valence-electron chi connectivity index (χ0n) is 16.8. The number of carbonyl (C=O) groups is 2. The van der Waals surface area contributed by atoms with E-state index in [1.54, 1.807) is 31.4 Å². The lowest BCUT2D eigenvalue weighted by molar-refractivity contribution is 0.0934. The van der Waals surface area contributed by atoms with Crippen molar-refractivity contribution in [2.75, 3.05) is 12.4 Å². The highest BCUT2D eigenvalue weighted by Crippen LogP contribution is 2.27. The van der Waals surface area contributed by atoms with Gasteiger partial charge in [-0.15, -0.1) is 0 Å². The van der Waals surface area contributed by atoms with E-state index in [4.69, 9.17) is 4.74 Å². The highest BCUT2D eigenvalue weighted by atomic mass is 19.1. The van der Waals surface area contributed by atoms with Gasteiger partial charge in [-0.05, 0) is 55.0 Å². The van der Waals surface area contributed by atoms with E-state index in [1.807, 2.05) is 31.2 Å². The maximum atomic E-state index is 13.0. The van der Waals surface area contributed by atoms with Crippen molar-refractivity contribution in [1.82, 2.24) is 5.32 Å². The lowest BCUT2D eigenvalue weighted by atomic mass is 10.0. The van der Waals surface area contributed by atoms with Gasteiger partial charge in [-0.1, -0.05) is 31.2 Å². The molecule has 0 aromatic heterocycles. The number of halogens is 1. The van der Waals surface area contributed by atoms with E-state index in [0.717, 1.165) is 5.56 Å². The molecule has 0 bridgehead atoms. The Bertz CT molecular complexity index is 1030. The maximum Gasteiger partial charge on any atom is 0.255 e. The molecule has 3 aromatic rings. The van der Waals surface area contributed by atoms with Gasteiger partial charge in [0.15, 0.2) is 0 Å². The molecule has 3 aromatic carbocycles. The first-order valence-electron chi connectivity index (χ1n) is 9.62. The van der Waals surface area contributed by atoms with Crippen LogP contribution in [0.1, 0.15) is 45.7 Å². The summed E-state index contributed by atoms with van der Waals surface area (Å²) in [6.45, 7) is 1.98. The molecule has 5 nitrogen and oxygen atoms in total. The summed E-state index contributed by atoms with van der Waals surface area (Å²) in [6.07, 6.45) is 0.688. The summed E-state index contributed by atoms with van der Waals surface area (Å²) in [6, 6.07) is 19.3. The minimum Gasteiger partial charge on any atom is -0.496 e. The number of anilines is 1. The molecule has 1 unspecified atom stereocenters. The largest absolute Gasteiger partial charge is 0.496 e. The smallest absolute Gasteiger partial charge is 0.255 e. The standard InChI is InChI=1S/C24H23FN2O3/c1-3-21(20-9-4-5-10-22(20)30-2)27-24(29)17-7-6-8-19(15-17)26-23(28)16-11-13-18(25)14-12-16/h4-15,21H,3H2,1-2H3,(H,26,28)(H,27,29). The van der Waals surface area contributed by atoms with Crippen LogP contribution >= 0.6 is 0 Å². The van der Waals surface area contributed by atoms with E-state index < -0.39 is 5.82 Å². The van der Waals surface area contributed by atoms with E-state index in [0.29, 0.717) is 29.0 Å². The average molecular weight is 406 g/mol. The molecule has 0 radical (unpaired) electrons. The van der Waals surface area contributed by atoms with Crippen LogP contribution in [0.3, 0.4) is 0 Å². The molecule has 154 valence electrons. The molecule has 2 amide bonds. The zero-order valence-corrected chi connectivity index (χ0v) is 16.8. The number of amides is 2. The Hall–Kier alpha value is -3.67. The number of para-hydroxylation sites is 1. The predicted octanol–water partition coefficient (Wildman–Crippen LogP) is 4.97. The van der Waals surface area contributed by atoms with Gasteiger partial charge in [0.2, 0.25) is 0 Å². The van der Waals surface area contributed by atoms with Crippen LogP contribution in [0.5, 0.6) is 5.75 Å². The van der Waals surface area contributed by atoms with Crippen LogP contribution in [0.15, 0.2) is 72.8 Å². The molecule has 0 aliphatic carbocycles. The zero-order chi connectivity index (χ0) is 21.5. The number of nitrogens with one attached hydrogen (secondary N) is 2. The van der Waals surface area contributed by atoms with E-state index in [-0.39, 0.29) is 17.9 Å². The lowest BCUT2D eigenvalue weighted by Crippen LogP contribution is -2.28. The molecular weight excluding hydrogens is 383 g/mol. The molecule has 0 saturated carbocycles. The second-order valence-electron chi connectivity index (χ2n) is 6.72. The van der Waals surface area contributed by atoms with Crippen molar-refractivity contribution in [2.45, 2.75) is 19.4 Å². The Morgan fingerprint density at radius 1 is 0.933 bits per heavy atom. The third-order valence-electron chi connectivity index (χ3n) is 4.72. The molecule has 0 heterocycles. The minimum absolute atomic E-state index is 0.217.